The number of non-ortho nitro benzene ring substituents is 1. The van der Waals surface area contributed by atoms with Crippen LogP contribution in [-0.4, -0.2) is 54.5 Å². The Morgan fingerprint density at radius 2 is 1.71 bits per heavy atom. The van der Waals surface area contributed by atoms with Crippen LogP contribution in [0.15, 0.2) is 66.9 Å². The number of benzene rings is 2. The fraction of sp³-hybridized carbons (Fsp3) is 0.371. The number of halogens is 1. The van der Waals surface area contributed by atoms with Gasteiger partial charge in [-0.1, -0.05) is 55.3 Å². The Morgan fingerprint density at radius 1 is 1.00 bits per heavy atom. The number of para-hydroxylation sites is 1. The highest BCUT2D eigenvalue weighted by Gasteiger charge is 2.39. The maximum atomic E-state index is 16.0. The lowest BCUT2D eigenvalue weighted by atomic mass is 9.86. The van der Waals surface area contributed by atoms with Gasteiger partial charge in [0.2, 0.25) is 0 Å². The molecule has 4 aromatic rings. The first-order chi connectivity index (χ1) is 22.7. The van der Waals surface area contributed by atoms with E-state index in [9.17, 15) is 24.8 Å². The Labute approximate surface area is 277 Å². The van der Waals surface area contributed by atoms with E-state index in [1.807, 2.05) is 65.0 Å². The van der Waals surface area contributed by atoms with E-state index in [0.717, 1.165) is 24.5 Å². The van der Waals surface area contributed by atoms with Crippen molar-refractivity contribution in [2.75, 3.05) is 10.6 Å². The zero-order chi connectivity index (χ0) is 34.8. The minimum atomic E-state index is -1.06. The Morgan fingerprint density at radius 3 is 2.38 bits per heavy atom. The predicted octanol–water partition coefficient (Wildman–Crippen LogP) is 7.59. The van der Waals surface area contributed by atoms with Crippen molar-refractivity contribution >= 4 is 45.9 Å². The number of rotatable bonds is 9. The Kier molecular flexibility index (Phi) is 9.51. The maximum absolute atomic E-state index is 16.0. The summed E-state index contributed by atoms with van der Waals surface area (Å²) in [4.78, 5) is 47.5. The molecule has 4 N–H and O–H groups in total. The van der Waals surface area contributed by atoms with Gasteiger partial charge >= 0.3 is 6.09 Å². The van der Waals surface area contributed by atoms with E-state index >= 15 is 4.39 Å². The van der Waals surface area contributed by atoms with E-state index in [-0.39, 0.29) is 28.4 Å². The number of amides is 2. The monoisotopic (exact) mass is 657 g/mol. The van der Waals surface area contributed by atoms with Crippen molar-refractivity contribution in [2.45, 2.75) is 83.5 Å². The molecule has 13 heteroatoms. The molecule has 12 nitrogen and oxygen atoms in total. The molecule has 1 aliphatic carbocycles. The smallest absolute Gasteiger partial charge is 0.408 e. The SMILES string of the molecule is CC(C)(NC(=O)c1cc(F)c(NC2CCCCC2N(C(=O)O)C(C)(C)C)nc1Nc1cnc2c([N+](=O)[O-])cccc2c1)c1ccccc1. The van der Waals surface area contributed by atoms with E-state index in [1.54, 1.807) is 18.2 Å². The molecular formula is C35H40FN7O5. The van der Waals surface area contributed by atoms with Gasteiger partial charge in [0, 0.05) is 23.0 Å². The molecule has 2 atom stereocenters. The van der Waals surface area contributed by atoms with Gasteiger partial charge in [-0.05, 0) is 65.2 Å². The van der Waals surface area contributed by atoms with Crippen molar-refractivity contribution in [3.8, 4) is 0 Å². The maximum Gasteiger partial charge on any atom is 0.408 e. The molecule has 2 amide bonds. The summed E-state index contributed by atoms with van der Waals surface area (Å²) in [7, 11) is 0. The predicted molar refractivity (Wildman–Crippen MR) is 182 cm³/mol. The molecule has 2 unspecified atom stereocenters. The third kappa shape index (κ3) is 7.29. The van der Waals surface area contributed by atoms with Crippen molar-refractivity contribution in [1.82, 2.24) is 20.2 Å². The number of carbonyl (C=O) groups excluding carboxylic acids is 1. The van der Waals surface area contributed by atoms with Gasteiger partial charge in [0.1, 0.15) is 11.3 Å². The second kappa shape index (κ2) is 13.4. The molecule has 2 aromatic carbocycles. The summed E-state index contributed by atoms with van der Waals surface area (Å²) in [5, 5.41) is 31.4. The molecule has 0 saturated heterocycles. The summed E-state index contributed by atoms with van der Waals surface area (Å²) in [6.45, 7) is 9.14. The van der Waals surface area contributed by atoms with Gasteiger partial charge < -0.3 is 21.1 Å². The number of carbonyl (C=O) groups is 2. The van der Waals surface area contributed by atoms with Gasteiger partial charge in [-0.15, -0.1) is 0 Å². The molecule has 0 spiro atoms. The van der Waals surface area contributed by atoms with Crippen LogP contribution in [0.4, 0.5) is 32.2 Å². The molecule has 252 valence electrons. The highest BCUT2D eigenvalue weighted by Crippen LogP contribution is 2.33. The number of nitrogens with one attached hydrogen (secondary N) is 3. The number of carboxylic acid groups (broad SMARTS) is 1. The van der Waals surface area contributed by atoms with Gasteiger partial charge in [0.05, 0.1) is 34.0 Å². The molecule has 2 aromatic heterocycles. The average Bonchev–Trinajstić information content (AvgIpc) is 3.02. The van der Waals surface area contributed by atoms with Crippen LogP contribution in [0.25, 0.3) is 10.9 Å². The molecule has 0 radical (unpaired) electrons. The van der Waals surface area contributed by atoms with Crippen LogP contribution in [0.2, 0.25) is 0 Å². The van der Waals surface area contributed by atoms with Crippen LogP contribution in [0.1, 0.15) is 76.2 Å². The van der Waals surface area contributed by atoms with Crippen LogP contribution in [0.5, 0.6) is 0 Å². The number of hydrogen-bond donors (Lipinski definition) is 4. The Balaban J connectivity index is 1.54. The van der Waals surface area contributed by atoms with Crippen molar-refractivity contribution in [2.24, 2.45) is 0 Å². The molecule has 48 heavy (non-hydrogen) atoms. The van der Waals surface area contributed by atoms with Gasteiger partial charge in [-0.25, -0.2) is 19.2 Å². The van der Waals surface area contributed by atoms with Gasteiger partial charge in [0.25, 0.3) is 11.6 Å². The van der Waals surface area contributed by atoms with E-state index in [0.29, 0.717) is 23.9 Å². The Bertz CT molecular complexity index is 1840. The largest absolute Gasteiger partial charge is 0.465 e. The summed E-state index contributed by atoms with van der Waals surface area (Å²) >= 11 is 0. The molecular weight excluding hydrogens is 617 g/mol. The van der Waals surface area contributed by atoms with E-state index in [2.05, 4.69) is 25.9 Å². The van der Waals surface area contributed by atoms with Gasteiger partial charge in [-0.2, -0.15) is 0 Å². The van der Waals surface area contributed by atoms with E-state index in [1.165, 1.54) is 17.2 Å². The van der Waals surface area contributed by atoms with Crippen molar-refractivity contribution in [1.29, 1.82) is 0 Å². The zero-order valence-corrected chi connectivity index (χ0v) is 27.6. The van der Waals surface area contributed by atoms with E-state index in [4.69, 9.17) is 0 Å². The molecule has 1 fully saturated rings. The highest BCUT2D eigenvalue weighted by molar-refractivity contribution is 6.00. The first-order valence-electron chi connectivity index (χ1n) is 15.8. The number of hydrogen-bond acceptors (Lipinski definition) is 8. The number of anilines is 3. The summed E-state index contributed by atoms with van der Waals surface area (Å²) in [6.07, 6.45) is 3.16. The molecule has 0 bridgehead atoms. The van der Waals surface area contributed by atoms with Crippen LogP contribution in [0, 0.1) is 15.9 Å². The standard InChI is InChI=1S/C35H40FN7O5/c1-34(2,3)42(33(45)46)27-16-10-9-15-26(27)39-31-25(36)19-24(32(44)41-35(4,5)22-13-7-6-8-14-22)30(40-31)38-23-18-21-12-11-17-28(43(47)48)29(21)37-20-23/h6-8,11-14,17-20,26-27H,9-10,15-16H2,1-5H3,(H,41,44)(H,45,46)(H2,38,39,40). The lowest BCUT2D eigenvalue weighted by Gasteiger charge is -2.45. The molecule has 5 rings (SSSR count). The molecule has 1 saturated carbocycles. The van der Waals surface area contributed by atoms with E-state index < -0.39 is 45.9 Å². The summed E-state index contributed by atoms with van der Waals surface area (Å²) in [5.41, 5.74) is -0.359. The number of fused-ring (bicyclic) bond motifs is 1. The van der Waals surface area contributed by atoms with Crippen LogP contribution >= 0.6 is 0 Å². The summed E-state index contributed by atoms with van der Waals surface area (Å²) < 4.78 is 16.0. The molecule has 0 aliphatic heterocycles. The van der Waals surface area contributed by atoms with Crippen LogP contribution in [-0.2, 0) is 5.54 Å². The Hall–Kier alpha value is -5.33. The van der Waals surface area contributed by atoms with Crippen LogP contribution in [0.3, 0.4) is 0 Å². The number of pyridine rings is 2. The molecule has 1 aliphatic rings. The quantitative estimate of drug-likeness (QED) is 0.105. The number of nitro groups is 1. The first kappa shape index (κ1) is 34.0. The fourth-order valence-electron chi connectivity index (χ4n) is 6.32. The fourth-order valence-corrected chi connectivity index (χ4v) is 6.32. The second-order valence-electron chi connectivity index (χ2n) is 13.5. The number of nitro benzene ring substituents is 1. The van der Waals surface area contributed by atoms with Crippen molar-refractivity contribution in [3.05, 3.63) is 93.9 Å². The number of nitrogens with zero attached hydrogens (tertiary/aromatic N) is 4. The minimum absolute atomic E-state index is 0.0186. The topological polar surface area (TPSA) is 163 Å². The van der Waals surface area contributed by atoms with Crippen molar-refractivity contribution < 1.29 is 24.0 Å². The summed E-state index contributed by atoms with van der Waals surface area (Å²) in [6, 6.07) is 15.8. The minimum Gasteiger partial charge on any atom is -0.465 e. The third-order valence-corrected chi connectivity index (χ3v) is 8.60. The zero-order valence-electron chi connectivity index (χ0n) is 27.6. The highest BCUT2D eigenvalue weighted by atomic mass is 19.1. The van der Waals surface area contributed by atoms with Gasteiger partial charge in [-0.3, -0.25) is 19.8 Å². The molecule has 2 heterocycles. The third-order valence-electron chi connectivity index (χ3n) is 8.60. The second-order valence-corrected chi connectivity index (χ2v) is 13.5. The summed E-state index contributed by atoms with van der Waals surface area (Å²) in [5.74, 6) is -1.49. The normalized spacial score (nSPS) is 16.6. The number of aromatic nitrogens is 2. The lowest BCUT2D eigenvalue weighted by Crippen LogP contribution is -2.58. The average molecular weight is 658 g/mol. The van der Waals surface area contributed by atoms with Crippen molar-refractivity contribution in [3.63, 3.8) is 0 Å². The first-order valence-corrected chi connectivity index (χ1v) is 15.8. The lowest BCUT2D eigenvalue weighted by molar-refractivity contribution is -0.383. The van der Waals surface area contributed by atoms with Gasteiger partial charge in [0.15, 0.2) is 11.6 Å². The van der Waals surface area contributed by atoms with Crippen LogP contribution < -0.4 is 16.0 Å².